The second-order valence-electron chi connectivity index (χ2n) is 2.09. The van der Waals surface area contributed by atoms with Gasteiger partial charge in [-0.3, -0.25) is 0 Å². The Hall–Kier alpha value is 0.340. The highest BCUT2D eigenvalue weighted by Crippen LogP contribution is 2.08. The van der Waals surface area contributed by atoms with E-state index >= 15 is 0 Å². The molecule has 1 nitrogen and oxygen atoms in total. The van der Waals surface area contributed by atoms with E-state index in [9.17, 15) is 0 Å². The fraction of sp³-hybridized carbons (Fsp3) is 0.714. The van der Waals surface area contributed by atoms with Crippen LogP contribution in [0.3, 0.4) is 0 Å². The summed E-state index contributed by atoms with van der Waals surface area (Å²) in [5.74, 6) is 1.99. The minimum absolute atomic E-state index is 0.288. The first-order chi connectivity index (χ1) is 4.81. The summed E-state index contributed by atoms with van der Waals surface area (Å²) in [6, 6.07) is 0. The van der Waals surface area contributed by atoms with Gasteiger partial charge in [0.15, 0.2) is 0 Å². The van der Waals surface area contributed by atoms with Gasteiger partial charge in [0, 0.05) is 17.9 Å². The van der Waals surface area contributed by atoms with Crippen LogP contribution in [0.1, 0.15) is 13.3 Å². The van der Waals surface area contributed by atoms with E-state index < -0.39 is 0 Å². The third-order valence-electron chi connectivity index (χ3n) is 0.963. The van der Waals surface area contributed by atoms with Gasteiger partial charge in [0.2, 0.25) is 0 Å². The Kier molecular flexibility index (Phi) is 7.70. The van der Waals surface area contributed by atoms with Gasteiger partial charge in [-0.1, -0.05) is 17.2 Å². The van der Waals surface area contributed by atoms with Gasteiger partial charge in [0.25, 0.3) is 0 Å². The van der Waals surface area contributed by atoms with Crippen molar-refractivity contribution < 1.29 is 5.11 Å². The van der Waals surface area contributed by atoms with Crippen LogP contribution < -0.4 is 0 Å². The van der Waals surface area contributed by atoms with Gasteiger partial charge in [0.05, 0.1) is 0 Å². The van der Waals surface area contributed by atoms with Gasteiger partial charge in [-0.25, -0.2) is 0 Å². The molecule has 0 fully saturated rings. The number of hydrogen-bond donors (Lipinski definition) is 1. The van der Waals surface area contributed by atoms with E-state index in [0.717, 1.165) is 17.9 Å². The standard InChI is InChI=1S/C7H13ClOS/c1-7(5-8)6-10-4-2-3-9/h5,9H,2-4,6H2,1H3. The normalized spacial score (nSPS) is 12.1. The zero-order valence-corrected chi connectivity index (χ0v) is 7.71. The van der Waals surface area contributed by atoms with Crippen LogP contribution in [0.25, 0.3) is 0 Å². The SMILES string of the molecule is CC(=CCl)CSCCCO. The van der Waals surface area contributed by atoms with E-state index in [1.165, 1.54) is 5.57 Å². The lowest BCUT2D eigenvalue weighted by molar-refractivity contribution is 0.296. The van der Waals surface area contributed by atoms with Gasteiger partial charge >= 0.3 is 0 Å². The summed E-state index contributed by atoms with van der Waals surface area (Å²) < 4.78 is 0. The molecule has 0 aliphatic rings. The lowest BCUT2D eigenvalue weighted by Crippen LogP contribution is -1.88. The number of hydrogen-bond acceptors (Lipinski definition) is 2. The molecule has 0 heterocycles. The highest BCUT2D eigenvalue weighted by molar-refractivity contribution is 7.99. The molecule has 0 aliphatic heterocycles. The lowest BCUT2D eigenvalue weighted by atomic mass is 10.4. The Labute approximate surface area is 71.5 Å². The van der Waals surface area contributed by atoms with Crippen LogP contribution in [-0.2, 0) is 0 Å². The van der Waals surface area contributed by atoms with Crippen molar-refractivity contribution in [2.75, 3.05) is 18.1 Å². The predicted octanol–water partition coefficient (Wildman–Crippen LogP) is 2.24. The first-order valence-electron chi connectivity index (χ1n) is 3.25. The largest absolute Gasteiger partial charge is 0.396 e. The third kappa shape index (κ3) is 6.46. The first kappa shape index (κ1) is 10.3. The molecular formula is C7H13ClOS. The summed E-state index contributed by atoms with van der Waals surface area (Å²) in [5, 5.41) is 8.43. The smallest absolute Gasteiger partial charge is 0.0438 e. The van der Waals surface area contributed by atoms with Crippen LogP contribution in [0, 0.1) is 0 Å². The molecule has 60 valence electrons. The molecule has 1 N–H and O–H groups in total. The monoisotopic (exact) mass is 180 g/mol. The van der Waals surface area contributed by atoms with Crippen molar-refractivity contribution in [2.45, 2.75) is 13.3 Å². The van der Waals surface area contributed by atoms with Crippen molar-refractivity contribution in [3.63, 3.8) is 0 Å². The topological polar surface area (TPSA) is 20.2 Å². The minimum Gasteiger partial charge on any atom is -0.396 e. The molecule has 0 atom stereocenters. The Bertz CT molecular complexity index is 104. The zero-order chi connectivity index (χ0) is 7.82. The van der Waals surface area contributed by atoms with Crippen molar-refractivity contribution in [1.29, 1.82) is 0 Å². The fourth-order valence-electron chi connectivity index (χ4n) is 0.431. The van der Waals surface area contributed by atoms with E-state index in [2.05, 4.69) is 0 Å². The van der Waals surface area contributed by atoms with Crippen LogP contribution in [-0.4, -0.2) is 23.2 Å². The van der Waals surface area contributed by atoms with E-state index in [4.69, 9.17) is 16.7 Å². The van der Waals surface area contributed by atoms with Crippen LogP contribution in [0.4, 0.5) is 0 Å². The van der Waals surface area contributed by atoms with Crippen LogP contribution in [0.5, 0.6) is 0 Å². The predicted molar refractivity (Wildman–Crippen MR) is 48.6 cm³/mol. The maximum Gasteiger partial charge on any atom is 0.0438 e. The van der Waals surface area contributed by atoms with E-state index in [1.54, 1.807) is 17.3 Å². The minimum atomic E-state index is 0.288. The maximum atomic E-state index is 8.43. The number of aliphatic hydroxyl groups is 1. The number of rotatable bonds is 5. The fourth-order valence-corrected chi connectivity index (χ4v) is 1.48. The van der Waals surface area contributed by atoms with Crippen molar-refractivity contribution in [1.82, 2.24) is 0 Å². The summed E-state index contributed by atoms with van der Waals surface area (Å²) >= 11 is 7.24. The van der Waals surface area contributed by atoms with Crippen LogP contribution in [0.15, 0.2) is 11.1 Å². The molecule has 3 heteroatoms. The van der Waals surface area contributed by atoms with Crippen molar-refractivity contribution in [3.8, 4) is 0 Å². The van der Waals surface area contributed by atoms with Crippen LogP contribution in [0.2, 0.25) is 0 Å². The summed E-state index contributed by atoms with van der Waals surface area (Å²) in [7, 11) is 0. The summed E-state index contributed by atoms with van der Waals surface area (Å²) in [6.07, 6.45) is 0.875. The first-order valence-corrected chi connectivity index (χ1v) is 4.85. The average Bonchev–Trinajstić information content (AvgIpc) is 1.98. The molecule has 0 aromatic heterocycles. The molecule has 10 heavy (non-hydrogen) atoms. The third-order valence-corrected chi connectivity index (χ3v) is 2.57. The molecule has 0 rings (SSSR count). The highest BCUT2D eigenvalue weighted by Gasteiger charge is 1.89. The molecule has 0 saturated heterocycles. The molecule has 0 aromatic rings. The van der Waals surface area contributed by atoms with E-state index in [0.29, 0.717) is 0 Å². The second kappa shape index (κ2) is 7.45. The van der Waals surface area contributed by atoms with E-state index in [-0.39, 0.29) is 6.61 Å². The molecule has 0 radical (unpaired) electrons. The summed E-state index contributed by atoms with van der Waals surface area (Å²) in [4.78, 5) is 0. The number of thioether (sulfide) groups is 1. The molecule has 0 amide bonds. The zero-order valence-electron chi connectivity index (χ0n) is 6.14. The van der Waals surface area contributed by atoms with Gasteiger partial charge < -0.3 is 5.11 Å². The molecule has 0 aliphatic carbocycles. The quantitative estimate of drug-likeness (QED) is 0.655. The molecule has 0 bridgehead atoms. The Morgan fingerprint density at radius 3 is 2.90 bits per heavy atom. The lowest BCUT2D eigenvalue weighted by Gasteiger charge is -1.97. The summed E-state index contributed by atoms with van der Waals surface area (Å²) in [6.45, 7) is 2.29. The molecular weight excluding hydrogens is 168 g/mol. The van der Waals surface area contributed by atoms with E-state index in [1.807, 2.05) is 6.92 Å². The number of aliphatic hydroxyl groups excluding tert-OH is 1. The van der Waals surface area contributed by atoms with Gasteiger partial charge in [-0.15, -0.1) is 0 Å². The maximum absolute atomic E-state index is 8.43. The molecule has 0 spiro atoms. The van der Waals surface area contributed by atoms with Crippen molar-refractivity contribution in [3.05, 3.63) is 11.1 Å². The van der Waals surface area contributed by atoms with Gasteiger partial charge in [0.1, 0.15) is 0 Å². The molecule has 0 saturated carbocycles. The van der Waals surface area contributed by atoms with Crippen molar-refractivity contribution >= 4 is 23.4 Å². The Morgan fingerprint density at radius 1 is 1.70 bits per heavy atom. The second-order valence-corrected chi connectivity index (χ2v) is 3.41. The highest BCUT2D eigenvalue weighted by atomic mass is 35.5. The molecule has 0 unspecified atom stereocenters. The molecule has 0 aromatic carbocycles. The van der Waals surface area contributed by atoms with Gasteiger partial charge in [-0.05, 0) is 19.1 Å². The number of halogens is 1. The average molecular weight is 181 g/mol. The Balaban J connectivity index is 3.04. The summed E-state index contributed by atoms with van der Waals surface area (Å²) in [5.41, 5.74) is 2.79. The Morgan fingerprint density at radius 2 is 2.40 bits per heavy atom. The van der Waals surface area contributed by atoms with Gasteiger partial charge in [-0.2, -0.15) is 11.8 Å². The van der Waals surface area contributed by atoms with Crippen LogP contribution >= 0.6 is 23.4 Å². The van der Waals surface area contributed by atoms with Crippen molar-refractivity contribution in [2.24, 2.45) is 0 Å².